The first-order valence-electron chi connectivity index (χ1n) is 6.23. The molecule has 1 fully saturated rings. The fourth-order valence-corrected chi connectivity index (χ4v) is 2.03. The maximum atomic E-state index is 9.91. The van der Waals surface area contributed by atoms with Gasteiger partial charge in [0.25, 0.3) is 0 Å². The van der Waals surface area contributed by atoms with E-state index in [2.05, 4.69) is 0 Å². The number of aliphatic hydroxyl groups excluding tert-OH is 5. The first-order valence-corrected chi connectivity index (χ1v) is 6.23. The lowest BCUT2D eigenvalue weighted by atomic mass is 9.99. The third-order valence-electron chi connectivity index (χ3n) is 3.22. The van der Waals surface area contributed by atoms with Gasteiger partial charge in [0.05, 0.1) is 13.2 Å². The standard InChI is InChI=1S/C13H18O7/c14-5-7-1-3-8(4-2-7)19-12-11(17)10(16)9(6-15)20-13(12)18/h1-4,9-18H,5-6H2/t9-,10-,11+,12-,13-/m1/s1. The van der Waals surface area contributed by atoms with E-state index in [9.17, 15) is 15.3 Å². The molecule has 1 saturated heterocycles. The van der Waals surface area contributed by atoms with Gasteiger partial charge in [-0.25, -0.2) is 0 Å². The van der Waals surface area contributed by atoms with Crippen molar-refractivity contribution in [3.05, 3.63) is 29.8 Å². The van der Waals surface area contributed by atoms with Gasteiger partial charge in [0.15, 0.2) is 12.4 Å². The van der Waals surface area contributed by atoms with Crippen molar-refractivity contribution in [2.45, 2.75) is 37.3 Å². The first-order chi connectivity index (χ1) is 9.56. The lowest BCUT2D eigenvalue weighted by Crippen LogP contribution is -2.60. The summed E-state index contributed by atoms with van der Waals surface area (Å²) in [6, 6.07) is 6.39. The van der Waals surface area contributed by atoms with Crippen LogP contribution in [0.15, 0.2) is 24.3 Å². The Hall–Kier alpha value is -1.22. The summed E-state index contributed by atoms with van der Waals surface area (Å²) in [5, 5.41) is 47.3. The second kappa shape index (κ2) is 6.49. The molecule has 1 aromatic carbocycles. The highest BCUT2D eigenvalue weighted by molar-refractivity contribution is 5.27. The molecule has 112 valence electrons. The number of benzene rings is 1. The van der Waals surface area contributed by atoms with Crippen LogP contribution < -0.4 is 4.74 Å². The number of aliphatic hydroxyl groups is 5. The Morgan fingerprint density at radius 1 is 1.00 bits per heavy atom. The molecule has 7 nitrogen and oxygen atoms in total. The third kappa shape index (κ3) is 3.09. The van der Waals surface area contributed by atoms with Gasteiger partial charge in [-0.1, -0.05) is 12.1 Å². The Morgan fingerprint density at radius 2 is 1.65 bits per heavy atom. The lowest BCUT2D eigenvalue weighted by Gasteiger charge is -2.39. The van der Waals surface area contributed by atoms with Gasteiger partial charge in [-0.15, -0.1) is 0 Å². The summed E-state index contributed by atoms with van der Waals surface area (Å²) in [6.07, 6.45) is -6.45. The van der Waals surface area contributed by atoms with Crippen molar-refractivity contribution in [3.63, 3.8) is 0 Å². The molecular weight excluding hydrogens is 268 g/mol. The zero-order chi connectivity index (χ0) is 14.7. The SMILES string of the molecule is OCc1ccc(O[C@@H]2[C@@H](O)[C@H](O)[C@@H](CO)O[C@H]2O)cc1. The summed E-state index contributed by atoms with van der Waals surface area (Å²) < 4.78 is 10.4. The molecule has 1 heterocycles. The number of rotatable bonds is 4. The van der Waals surface area contributed by atoms with Gasteiger partial charge < -0.3 is 35.0 Å². The van der Waals surface area contributed by atoms with Gasteiger partial charge in [0.1, 0.15) is 24.1 Å². The molecular formula is C13H18O7. The van der Waals surface area contributed by atoms with Crippen molar-refractivity contribution in [1.29, 1.82) is 0 Å². The topological polar surface area (TPSA) is 120 Å². The van der Waals surface area contributed by atoms with E-state index in [0.717, 1.165) is 0 Å². The minimum absolute atomic E-state index is 0.102. The molecule has 0 unspecified atom stereocenters. The Bertz CT molecular complexity index is 421. The number of hydrogen-bond donors (Lipinski definition) is 5. The van der Waals surface area contributed by atoms with E-state index in [0.29, 0.717) is 11.3 Å². The van der Waals surface area contributed by atoms with Crippen molar-refractivity contribution >= 4 is 0 Å². The Kier molecular flexibility index (Phi) is 4.92. The Morgan fingerprint density at radius 3 is 2.20 bits per heavy atom. The van der Waals surface area contributed by atoms with Crippen LogP contribution in [0.1, 0.15) is 5.56 Å². The van der Waals surface area contributed by atoms with E-state index in [-0.39, 0.29) is 6.61 Å². The van der Waals surface area contributed by atoms with Gasteiger partial charge in [-0.3, -0.25) is 0 Å². The largest absolute Gasteiger partial charge is 0.482 e. The van der Waals surface area contributed by atoms with Crippen LogP contribution in [0.5, 0.6) is 5.75 Å². The fourth-order valence-electron chi connectivity index (χ4n) is 2.03. The highest BCUT2D eigenvalue weighted by Gasteiger charge is 2.45. The molecule has 0 bridgehead atoms. The molecule has 0 aliphatic carbocycles. The third-order valence-corrected chi connectivity index (χ3v) is 3.22. The van der Waals surface area contributed by atoms with Crippen LogP contribution in [0.4, 0.5) is 0 Å². The molecule has 0 amide bonds. The molecule has 0 aromatic heterocycles. The summed E-state index contributed by atoms with van der Waals surface area (Å²) in [5.41, 5.74) is 0.693. The lowest BCUT2D eigenvalue weighted by molar-refractivity contribution is -0.280. The first kappa shape index (κ1) is 15.2. The van der Waals surface area contributed by atoms with Gasteiger partial charge in [0, 0.05) is 0 Å². The molecule has 1 aliphatic rings. The molecule has 0 radical (unpaired) electrons. The van der Waals surface area contributed by atoms with Crippen LogP contribution >= 0.6 is 0 Å². The van der Waals surface area contributed by atoms with E-state index in [1.54, 1.807) is 24.3 Å². The zero-order valence-electron chi connectivity index (χ0n) is 10.7. The van der Waals surface area contributed by atoms with Gasteiger partial charge >= 0.3 is 0 Å². The normalized spacial score (nSPS) is 34.0. The maximum Gasteiger partial charge on any atom is 0.195 e. The molecule has 2 rings (SSSR count). The second-order valence-corrected chi connectivity index (χ2v) is 4.61. The Labute approximate surface area is 115 Å². The predicted molar refractivity (Wildman–Crippen MR) is 66.8 cm³/mol. The van der Waals surface area contributed by atoms with E-state index in [1.165, 1.54) is 0 Å². The minimum Gasteiger partial charge on any atom is -0.482 e. The van der Waals surface area contributed by atoms with E-state index < -0.39 is 37.3 Å². The smallest absolute Gasteiger partial charge is 0.195 e. The van der Waals surface area contributed by atoms with Crippen LogP contribution in [0, 0.1) is 0 Å². The molecule has 0 spiro atoms. The molecule has 1 aliphatic heterocycles. The molecule has 0 saturated carbocycles. The van der Waals surface area contributed by atoms with Crippen LogP contribution in [0.3, 0.4) is 0 Å². The summed E-state index contributed by atoms with van der Waals surface area (Å²) >= 11 is 0. The summed E-state index contributed by atoms with van der Waals surface area (Å²) in [5.74, 6) is 0.351. The van der Waals surface area contributed by atoms with E-state index in [1.807, 2.05) is 0 Å². The van der Waals surface area contributed by atoms with E-state index in [4.69, 9.17) is 19.7 Å². The van der Waals surface area contributed by atoms with Crippen LogP contribution in [-0.2, 0) is 11.3 Å². The summed E-state index contributed by atoms with van der Waals surface area (Å²) in [7, 11) is 0. The summed E-state index contributed by atoms with van der Waals surface area (Å²) in [4.78, 5) is 0. The maximum absolute atomic E-state index is 9.91. The summed E-state index contributed by atoms with van der Waals surface area (Å²) in [6.45, 7) is -0.623. The fraction of sp³-hybridized carbons (Fsp3) is 0.538. The molecule has 20 heavy (non-hydrogen) atoms. The quantitative estimate of drug-likeness (QED) is 0.450. The van der Waals surface area contributed by atoms with Crippen molar-refractivity contribution in [2.24, 2.45) is 0 Å². The van der Waals surface area contributed by atoms with Crippen molar-refractivity contribution in [1.82, 2.24) is 0 Å². The average Bonchev–Trinajstić information content (AvgIpc) is 2.48. The Balaban J connectivity index is 2.07. The van der Waals surface area contributed by atoms with Gasteiger partial charge in [-0.2, -0.15) is 0 Å². The van der Waals surface area contributed by atoms with Crippen molar-refractivity contribution in [3.8, 4) is 5.75 Å². The molecule has 7 heteroatoms. The molecule has 1 aromatic rings. The number of ether oxygens (including phenoxy) is 2. The highest BCUT2D eigenvalue weighted by atomic mass is 16.7. The monoisotopic (exact) mass is 286 g/mol. The molecule has 5 N–H and O–H groups in total. The highest BCUT2D eigenvalue weighted by Crippen LogP contribution is 2.24. The number of hydrogen-bond acceptors (Lipinski definition) is 7. The average molecular weight is 286 g/mol. The predicted octanol–water partition coefficient (Wildman–Crippen LogP) is -1.64. The second-order valence-electron chi connectivity index (χ2n) is 4.61. The van der Waals surface area contributed by atoms with Gasteiger partial charge in [0.2, 0.25) is 0 Å². The van der Waals surface area contributed by atoms with Crippen molar-refractivity contribution < 1.29 is 35.0 Å². The van der Waals surface area contributed by atoms with Crippen LogP contribution in [-0.4, -0.2) is 62.8 Å². The minimum atomic E-state index is -1.47. The van der Waals surface area contributed by atoms with Crippen LogP contribution in [0.25, 0.3) is 0 Å². The zero-order valence-corrected chi connectivity index (χ0v) is 10.7. The molecule has 5 atom stereocenters. The van der Waals surface area contributed by atoms with Crippen molar-refractivity contribution in [2.75, 3.05) is 6.61 Å². The van der Waals surface area contributed by atoms with Gasteiger partial charge in [-0.05, 0) is 17.7 Å². The van der Waals surface area contributed by atoms with Crippen LogP contribution in [0.2, 0.25) is 0 Å². The van der Waals surface area contributed by atoms with E-state index >= 15 is 0 Å².